The molecule has 88 valence electrons. The van der Waals surface area contributed by atoms with Gasteiger partial charge >= 0.3 is 0 Å². The molecule has 1 heterocycles. The Morgan fingerprint density at radius 1 is 1.50 bits per heavy atom. The molecule has 5 nitrogen and oxygen atoms in total. The summed E-state index contributed by atoms with van der Waals surface area (Å²) >= 11 is 0. The van der Waals surface area contributed by atoms with Gasteiger partial charge in [-0.05, 0) is 13.3 Å². The Hall–Kier alpha value is -1.49. The maximum atomic E-state index is 11.5. The summed E-state index contributed by atoms with van der Waals surface area (Å²) < 4.78 is 0. The fourth-order valence-electron chi connectivity index (χ4n) is 1.26. The van der Waals surface area contributed by atoms with Crippen molar-refractivity contribution in [3.05, 3.63) is 23.8 Å². The normalized spacial score (nSPS) is 12.2. The molecule has 1 unspecified atom stereocenters. The van der Waals surface area contributed by atoms with Gasteiger partial charge in [-0.3, -0.25) is 14.8 Å². The number of hydrogen-bond acceptors (Lipinski definition) is 4. The quantitative estimate of drug-likeness (QED) is 0.761. The number of nitrogens with zero attached hydrogens (tertiary/aromatic N) is 2. The van der Waals surface area contributed by atoms with Crippen LogP contribution >= 0.6 is 0 Å². The minimum atomic E-state index is -0.427. The molecular weight excluding hydrogens is 204 g/mol. The molecule has 1 aromatic rings. The molecular formula is C11H18N4O. The van der Waals surface area contributed by atoms with Crippen LogP contribution in [0.15, 0.2) is 12.4 Å². The third-order valence-electron chi connectivity index (χ3n) is 2.21. The lowest BCUT2D eigenvalue weighted by Crippen LogP contribution is -2.40. The second-order valence-corrected chi connectivity index (χ2v) is 3.76. The van der Waals surface area contributed by atoms with Gasteiger partial charge in [-0.15, -0.1) is 0 Å². The summed E-state index contributed by atoms with van der Waals surface area (Å²) in [7, 11) is 0. The molecule has 0 radical (unpaired) electrons. The third kappa shape index (κ3) is 3.94. The predicted octanol–water partition coefficient (Wildman–Crippen LogP) is 0.529. The summed E-state index contributed by atoms with van der Waals surface area (Å²) in [6, 6.07) is -0.427. The van der Waals surface area contributed by atoms with E-state index in [2.05, 4.69) is 15.3 Å². The van der Waals surface area contributed by atoms with Crippen LogP contribution in [0.1, 0.15) is 31.2 Å². The molecule has 0 aliphatic carbocycles. The molecule has 0 fully saturated rings. The maximum absolute atomic E-state index is 11.5. The standard InChI is InChI=1S/C11H18N4O/c1-3-4-10(12)11(16)15-7-9-6-13-8(2)5-14-9/h5-6,10H,3-4,7,12H2,1-2H3,(H,15,16). The summed E-state index contributed by atoms with van der Waals surface area (Å²) in [6.07, 6.45) is 4.93. The van der Waals surface area contributed by atoms with E-state index in [9.17, 15) is 4.79 Å². The Bertz CT molecular complexity index is 336. The second kappa shape index (κ2) is 6.17. The SMILES string of the molecule is CCCC(N)C(=O)NCc1cnc(C)cn1. The Kier molecular flexibility index (Phi) is 4.85. The van der Waals surface area contributed by atoms with Crippen molar-refractivity contribution >= 4 is 5.91 Å². The van der Waals surface area contributed by atoms with E-state index in [1.54, 1.807) is 12.4 Å². The summed E-state index contributed by atoms with van der Waals surface area (Å²) in [5.74, 6) is -0.135. The molecule has 5 heteroatoms. The van der Waals surface area contributed by atoms with E-state index < -0.39 is 6.04 Å². The van der Waals surface area contributed by atoms with Crippen LogP contribution in [0.4, 0.5) is 0 Å². The van der Waals surface area contributed by atoms with Crippen LogP contribution in [0.5, 0.6) is 0 Å². The van der Waals surface area contributed by atoms with E-state index in [4.69, 9.17) is 5.73 Å². The van der Waals surface area contributed by atoms with Crippen molar-refractivity contribution < 1.29 is 4.79 Å². The van der Waals surface area contributed by atoms with E-state index in [0.29, 0.717) is 13.0 Å². The number of amides is 1. The topological polar surface area (TPSA) is 80.9 Å². The first kappa shape index (κ1) is 12.6. The van der Waals surface area contributed by atoms with Crippen LogP contribution in [-0.2, 0) is 11.3 Å². The summed E-state index contributed by atoms with van der Waals surface area (Å²) in [5.41, 5.74) is 7.27. The average molecular weight is 222 g/mol. The lowest BCUT2D eigenvalue weighted by molar-refractivity contribution is -0.122. The second-order valence-electron chi connectivity index (χ2n) is 3.76. The highest BCUT2D eigenvalue weighted by Crippen LogP contribution is 1.96. The lowest BCUT2D eigenvalue weighted by Gasteiger charge is -2.10. The van der Waals surface area contributed by atoms with Gasteiger partial charge in [0.25, 0.3) is 0 Å². The molecule has 0 spiro atoms. The van der Waals surface area contributed by atoms with Crippen LogP contribution in [0, 0.1) is 6.92 Å². The van der Waals surface area contributed by atoms with Crippen molar-refractivity contribution in [1.82, 2.24) is 15.3 Å². The maximum Gasteiger partial charge on any atom is 0.237 e. The number of rotatable bonds is 5. The summed E-state index contributed by atoms with van der Waals surface area (Å²) in [4.78, 5) is 19.7. The Morgan fingerprint density at radius 2 is 2.25 bits per heavy atom. The molecule has 0 bridgehead atoms. The minimum absolute atomic E-state index is 0.135. The summed E-state index contributed by atoms with van der Waals surface area (Å²) in [6.45, 7) is 4.24. The molecule has 1 aromatic heterocycles. The van der Waals surface area contributed by atoms with Crippen LogP contribution < -0.4 is 11.1 Å². The lowest BCUT2D eigenvalue weighted by atomic mass is 10.2. The smallest absolute Gasteiger partial charge is 0.237 e. The van der Waals surface area contributed by atoms with Crippen molar-refractivity contribution in [3.8, 4) is 0 Å². The number of hydrogen-bond donors (Lipinski definition) is 2. The first-order chi connectivity index (χ1) is 7.63. The highest BCUT2D eigenvalue weighted by molar-refractivity contribution is 5.81. The van der Waals surface area contributed by atoms with Crippen molar-refractivity contribution in [2.24, 2.45) is 5.73 Å². The molecule has 0 aliphatic rings. The van der Waals surface area contributed by atoms with Crippen LogP contribution in [0.3, 0.4) is 0 Å². The molecule has 0 saturated heterocycles. The first-order valence-corrected chi connectivity index (χ1v) is 5.44. The Morgan fingerprint density at radius 3 is 2.81 bits per heavy atom. The van der Waals surface area contributed by atoms with Gasteiger partial charge in [-0.1, -0.05) is 13.3 Å². The molecule has 1 amide bonds. The molecule has 0 aromatic carbocycles. The Labute approximate surface area is 95.5 Å². The molecule has 1 atom stereocenters. The molecule has 3 N–H and O–H groups in total. The van der Waals surface area contributed by atoms with Gasteiger partial charge in [-0.2, -0.15) is 0 Å². The van der Waals surface area contributed by atoms with Crippen molar-refractivity contribution in [2.45, 2.75) is 39.3 Å². The third-order valence-corrected chi connectivity index (χ3v) is 2.21. The number of aromatic nitrogens is 2. The predicted molar refractivity (Wildman–Crippen MR) is 61.5 cm³/mol. The molecule has 0 saturated carbocycles. The van der Waals surface area contributed by atoms with Crippen molar-refractivity contribution in [2.75, 3.05) is 0 Å². The van der Waals surface area contributed by atoms with Crippen molar-refractivity contribution in [1.29, 1.82) is 0 Å². The molecule has 1 rings (SSSR count). The number of nitrogens with one attached hydrogen (secondary N) is 1. The number of carbonyl (C=O) groups excluding carboxylic acids is 1. The van der Waals surface area contributed by atoms with Gasteiger partial charge in [0.1, 0.15) is 0 Å². The fourth-order valence-corrected chi connectivity index (χ4v) is 1.26. The average Bonchev–Trinajstić information content (AvgIpc) is 2.28. The van der Waals surface area contributed by atoms with E-state index in [-0.39, 0.29) is 5.91 Å². The largest absolute Gasteiger partial charge is 0.349 e. The Balaban J connectivity index is 2.39. The van der Waals surface area contributed by atoms with E-state index in [1.165, 1.54) is 0 Å². The van der Waals surface area contributed by atoms with Crippen molar-refractivity contribution in [3.63, 3.8) is 0 Å². The van der Waals surface area contributed by atoms with Crippen LogP contribution in [0.25, 0.3) is 0 Å². The van der Waals surface area contributed by atoms with Crippen LogP contribution in [0.2, 0.25) is 0 Å². The van der Waals surface area contributed by atoms with Crippen LogP contribution in [-0.4, -0.2) is 21.9 Å². The van der Waals surface area contributed by atoms with E-state index >= 15 is 0 Å². The van der Waals surface area contributed by atoms with Gasteiger partial charge in [0.2, 0.25) is 5.91 Å². The molecule has 0 aliphatic heterocycles. The van der Waals surface area contributed by atoms with Gasteiger partial charge in [0.05, 0.1) is 30.2 Å². The zero-order chi connectivity index (χ0) is 12.0. The number of nitrogens with two attached hydrogens (primary N) is 1. The van der Waals surface area contributed by atoms with E-state index in [1.807, 2.05) is 13.8 Å². The zero-order valence-corrected chi connectivity index (χ0v) is 9.73. The van der Waals surface area contributed by atoms with E-state index in [0.717, 1.165) is 17.8 Å². The van der Waals surface area contributed by atoms with Gasteiger partial charge in [0.15, 0.2) is 0 Å². The van der Waals surface area contributed by atoms with Gasteiger partial charge in [-0.25, -0.2) is 0 Å². The van der Waals surface area contributed by atoms with Gasteiger partial charge < -0.3 is 11.1 Å². The first-order valence-electron chi connectivity index (χ1n) is 5.44. The van der Waals surface area contributed by atoms with Gasteiger partial charge in [0, 0.05) is 6.20 Å². The minimum Gasteiger partial charge on any atom is -0.349 e. The number of carbonyl (C=O) groups is 1. The fraction of sp³-hybridized carbons (Fsp3) is 0.545. The highest BCUT2D eigenvalue weighted by atomic mass is 16.2. The zero-order valence-electron chi connectivity index (χ0n) is 9.73. The highest BCUT2D eigenvalue weighted by Gasteiger charge is 2.11. The summed E-state index contributed by atoms with van der Waals surface area (Å²) in [5, 5.41) is 2.74. The molecule has 16 heavy (non-hydrogen) atoms. The number of aryl methyl sites for hydroxylation is 1. The monoisotopic (exact) mass is 222 g/mol.